The molecule has 2 aromatic carbocycles. The van der Waals surface area contributed by atoms with Crippen LogP contribution in [0, 0.1) is 16.0 Å². The molecule has 1 saturated heterocycles. The summed E-state index contributed by atoms with van der Waals surface area (Å²) in [7, 11) is 2.97. The van der Waals surface area contributed by atoms with Gasteiger partial charge in [-0.1, -0.05) is 30.3 Å². The summed E-state index contributed by atoms with van der Waals surface area (Å²) in [5.74, 6) is 0.632. The smallest absolute Gasteiger partial charge is 0.286 e. The molecule has 1 amide bonds. The third-order valence-electron chi connectivity index (χ3n) is 5.52. The molecular weight excluding hydrogens is 400 g/mol. The molecule has 8 nitrogen and oxygen atoms in total. The van der Waals surface area contributed by atoms with Gasteiger partial charge >= 0.3 is 0 Å². The van der Waals surface area contributed by atoms with Gasteiger partial charge in [0.1, 0.15) is 12.2 Å². The Labute approximate surface area is 181 Å². The molecular formula is C23H28N2O6. The van der Waals surface area contributed by atoms with Gasteiger partial charge in [0.05, 0.1) is 24.7 Å². The summed E-state index contributed by atoms with van der Waals surface area (Å²) in [5.41, 5.74) is 1.02. The molecule has 2 aromatic rings. The van der Waals surface area contributed by atoms with Crippen LogP contribution in [0.25, 0.3) is 0 Å². The van der Waals surface area contributed by atoms with Crippen LogP contribution in [0.5, 0.6) is 11.5 Å². The molecule has 0 spiro atoms. The number of hydrogen-bond donors (Lipinski definition) is 0. The zero-order valence-corrected chi connectivity index (χ0v) is 17.9. The highest BCUT2D eigenvalue weighted by molar-refractivity contribution is 5.99. The Kier molecular flexibility index (Phi) is 7.83. The first-order chi connectivity index (χ1) is 15.0. The summed E-state index contributed by atoms with van der Waals surface area (Å²) < 4.78 is 15.8. The van der Waals surface area contributed by atoms with E-state index in [0.29, 0.717) is 25.6 Å². The van der Waals surface area contributed by atoms with Crippen LogP contribution < -0.4 is 9.47 Å². The van der Waals surface area contributed by atoms with Gasteiger partial charge in [-0.2, -0.15) is 0 Å². The molecule has 0 atom stereocenters. The molecule has 0 saturated carbocycles. The van der Waals surface area contributed by atoms with Crippen molar-refractivity contribution in [3.05, 3.63) is 63.7 Å². The maximum Gasteiger partial charge on any atom is 0.286 e. The summed E-state index contributed by atoms with van der Waals surface area (Å²) >= 11 is 0. The zero-order chi connectivity index (χ0) is 22.2. The van der Waals surface area contributed by atoms with E-state index < -0.39 is 4.92 Å². The molecule has 0 aliphatic carbocycles. The second-order valence-corrected chi connectivity index (χ2v) is 7.54. The number of benzene rings is 2. The lowest BCUT2D eigenvalue weighted by Crippen LogP contribution is -2.39. The van der Waals surface area contributed by atoms with Gasteiger partial charge in [0.25, 0.3) is 11.6 Å². The Morgan fingerprint density at radius 3 is 2.42 bits per heavy atom. The first-order valence-corrected chi connectivity index (χ1v) is 10.3. The number of piperidine rings is 1. The average molecular weight is 428 g/mol. The number of likely N-dealkylation sites (tertiary alicyclic amines) is 1. The molecule has 0 aromatic heterocycles. The average Bonchev–Trinajstić information content (AvgIpc) is 2.79. The predicted molar refractivity (Wildman–Crippen MR) is 116 cm³/mol. The minimum absolute atomic E-state index is 0.0162. The summed E-state index contributed by atoms with van der Waals surface area (Å²) in [4.78, 5) is 25.9. The zero-order valence-electron chi connectivity index (χ0n) is 17.9. The Hall–Kier alpha value is -3.13. The van der Waals surface area contributed by atoms with Crippen molar-refractivity contribution >= 4 is 11.6 Å². The third-order valence-corrected chi connectivity index (χ3v) is 5.52. The summed E-state index contributed by atoms with van der Waals surface area (Å²) in [6, 6.07) is 12.9. The van der Waals surface area contributed by atoms with Gasteiger partial charge in [-0.3, -0.25) is 14.9 Å². The first-order valence-electron chi connectivity index (χ1n) is 10.3. The van der Waals surface area contributed by atoms with Crippen molar-refractivity contribution < 1.29 is 23.9 Å². The van der Waals surface area contributed by atoms with Gasteiger partial charge < -0.3 is 19.1 Å². The number of nitro groups is 1. The maximum absolute atomic E-state index is 13.1. The molecule has 8 heteroatoms. The summed E-state index contributed by atoms with van der Waals surface area (Å²) in [6.45, 7) is 1.69. The van der Waals surface area contributed by atoms with E-state index in [-0.39, 0.29) is 35.3 Å². The molecule has 3 rings (SSSR count). The number of nitrogens with zero attached hydrogens (tertiary/aromatic N) is 2. The lowest BCUT2D eigenvalue weighted by molar-refractivity contribution is -0.385. The van der Waals surface area contributed by atoms with Crippen LogP contribution in [-0.2, 0) is 11.2 Å². The highest BCUT2D eigenvalue weighted by Crippen LogP contribution is 2.36. The van der Waals surface area contributed by atoms with Crippen molar-refractivity contribution in [1.82, 2.24) is 4.90 Å². The second-order valence-electron chi connectivity index (χ2n) is 7.54. The highest BCUT2D eigenvalue weighted by atomic mass is 16.6. The van der Waals surface area contributed by atoms with Gasteiger partial charge in [-0.15, -0.1) is 0 Å². The Morgan fingerprint density at radius 1 is 1.10 bits per heavy atom. The van der Waals surface area contributed by atoms with E-state index in [1.807, 2.05) is 18.2 Å². The van der Waals surface area contributed by atoms with Crippen LogP contribution in [0.4, 0.5) is 5.69 Å². The minimum atomic E-state index is -0.558. The lowest BCUT2D eigenvalue weighted by Gasteiger charge is -2.32. The monoisotopic (exact) mass is 428 g/mol. The molecule has 166 valence electrons. The Bertz CT molecular complexity index is 894. The number of rotatable bonds is 9. The van der Waals surface area contributed by atoms with E-state index >= 15 is 0 Å². The molecule has 0 radical (unpaired) electrons. The second kappa shape index (κ2) is 10.8. The lowest BCUT2D eigenvalue weighted by atomic mass is 9.90. The van der Waals surface area contributed by atoms with Crippen molar-refractivity contribution in [3.63, 3.8) is 0 Å². The number of carbonyl (C=O) groups is 1. The van der Waals surface area contributed by atoms with Crippen LogP contribution in [-0.4, -0.2) is 56.3 Å². The largest absolute Gasteiger partial charge is 0.493 e. The van der Waals surface area contributed by atoms with Crippen LogP contribution in [0.1, 0.15) is 28.8 Å². The van der Waals surface area contributed by atoms with Gasteiger partial charge in [0.2, 0.25) is 0 Å². The molecule has 1 fully saturated rings. The maximum atomic E-state index is 13.1. The van der Waals surface area contributed by atoms with Crippen LogP contribution in [0.15, 0.2) is 42.5 Å². The quantitative estimate of drug-likeness (QED) is 0.343. The first kappa shape index (κ1) is 22.6. The fourth-order valence-corrected chi connectivity index (χ4v) is 3.84. The predicted octanol–water partition coefficient (Wildman–Crippen LogP) is 3.72. The minimum Gasteiger partial charge on any atom is -0.493 e. The van der Waals surface area contributed by atoms with Crippen LogP contribution >= 0.6 is 0 Å². The number of amides is 1. The number of carbonyl (C=O) groups excluding carboxylic acids is 1. The van der Waals surface area contributed by atoms with Gasteiger partial charge in [-0.25, -0.2) is 0 Å². The Morgan fingerprint density at radius 2 is 1.81 bits per heavy atom. The van der Waals surface area contributed by atoms with Crippen molar-refractivity contribution in [2.75, 3.05) is 40.5 Å². The van der Waals surface area contributed by atoms with E-state index in [9.17, 15) is 14.9 Å². The summed E-state index contributed by atoms with van der Waals surface area (Å²) in [6.07, 6.45) is 2.71. The van der Waals surface area contributed by atoms with Crippen molar-refractivity contribution in [3.8, 4) is 11.5 Å². The topological polar surface area (TPSA) is 91.1 Å². The third kappa shape index (κ3) is 5.73. The molecule has 0 N–H and O–H groups in total. The van der Waals surface area contributed by atoms with Crippen molar-refractivity contribution in [2.45, 2.75) is 19.3 Å². The fraction of sp³-hybridized carbons (Fsp3) is 0.435. The van der Waals surface area contributed by atoms with E-state index in [1.54, 1.807) is 4.90 Å². The number of methoxy groups -OCH3 is 2. The van der Waals surface area contributed by atoms with E-state index in [2.05, 4.69) is 12.1 Å². The molecule has 1 aliphatic rings. The highest BCUT2D eigenvalue weighted by Gasteiger charge is 2.30. The molecule has 0 bridgehead atoms. The van der Waals surface area contributed by atoms with Crippen molar-refractivity contribution in [2.24, 2.45) is 5.92 Å². The van der Waals surface area contributed by atoms with Gasteiger partial charge in [0, 0.05) is 26.3 Å². The summed E-state index contributed by atoms with van der Waals surface area (Å²) in [5, 5.41) is 11.7. The van der Waals surface area contributed by atoms with Crippen LogP contribution in [0.3, 0.4) is 0 Å². The number of hydrogen-bond acceptors (Lipinski definition) is 6. The van der Waals surface area contributed by atoms with Gasteiger partial charge in [0.15, 0.2) is 11.5 Å². The van der Waals surface area contributed by atoms with E-state index in [0.717, 1.165) is 19.3 Å². The SMILES string of the molecule is COCCOc1cc([N+](=O)[O-])c(C(=O)N2CCC(Cc3ccccc3)CC2)cc1OC. The molecule has 31 heavy (non-hydrogen) atoms. The standard InChI is InChI=1S/C23H28N2O6/c1-29-12-13-31-22-16-20(25(27)28)19(15-21(22)30-2)23(26)24-10-8-18(9-11-24)14-17-6-4-3-5-7-17/h3-7,15-16,18H,8-14H2,1-2H3. The van der Waals surface area contributed by atoms with Crippen molar-refractivity contribution in [1.29, 1.82) is 0 Å². The molecule has 0 unspecified atom stereocenters. The Balaban J connectivity index is 1.72. The van der Waals surface area contributed by atoms with Gasteiger partial charge in [-0.05, 0) is 30.7 Å². The molecule has 1 aliphatic heterocycles. The normalized spacial score (nSPS) is 14.3. The fourth-order valence-electron chi connectivity index (χ4n) is 3.84. The number of nitro benzene ring substituents is 1. The van der Waals surface area contributed by atoms with Crippen LogP contribution in [0.2, 0.25) is 0 Å². The number of ether oxygens (including phenoxy) is 3. The van der Waals surface area contributed by atoms with E-state index in [1.165, 1.54) is 31.9 Å². The van der Waals surface area contributed by atoms with E-state index in [4.69, 9.17) is 14.2 Å². The molecule has 1 heterocycles.